The van der Waals surface area contributed by atoms with Gasteiger partial charge in [-0.25, -0.2) is 0 Å². The number of furan rings is 1. The molecule has 0 saturated heterocycles. The molecule has 0 N–H and O–H groups in total. The Balaban J connectivity index is 1.01. The van der Waals surface area contributed by atoms with Gasteiger partial charge in [0.05, 0.1) is 0 Å². The van der Waals surface area contributed by atoms with Crippen LogP contribution >= 0.6 is 0 Å². The van der Waals surface area contributed by atoms with Gasteiger partial charge in [0.1, 0.15) is 11.2 Å². The third kappa shape index (κ3) is 5.34. The lowest BCUT2D eigenvalue weighted by molar-refractivity contribution is 0.670. The van der Waals surface area contributed by atoms with Crippen LogP contribution in [0.5, 0.6) is 0 Å². The summed E-state index contributed by atoms with van der Waals surface area (Å²) in [6, 6.07) is 76.4. The lowest BCUT2D eigenvalue weighted by Crippen LogP contribution is -2.10. The highest BCUT2D eigenvalue weighted by Gasteiger charge is 2.17. The van der Waals surface area contributed by atoms with Crippen molar-refractivity contribution in [3.63, 3.8) is 0 Å². The summed E-state index contributed by atoms with van der Waals surface area (Å²) in [5.41, 5.74) is 12.1. The summed E-state index contributed by atoms with van der Waals surface area (Å²) in [4.78, 5) is 2.35. The Hall–Kier alpha value is -7.42. The van der Waals surface area contributed by atoms with Gasteiger partial charge in [0, 0.05) is 33.4 Å². The molecule has 0 bridgehead atoms. The molecule has 11 aromatic rings. The second-order valence-corrected chi connectivity index (χ2v) is 14.5. The largest absolute Gasteiger partial charge is 0.455 e. The fourth-order valence-corrected chi connectivity index (χ4v) is 8.57. The van der Waals surface area contributed by atoms with E-state index in [-0.39, 0.29) is 0 Å². The van der Waals surface area contributed by atoms with Gasteiger partial charge in [-0.3, -0.25) is 0 Å². The number of anilines is 3. The Bertz CT molecular complexity index is 3230. The molecule has 0 radical (unpaired) electrons. The van der Waals surface area contributed by atoms with E-state index in [1.807, 2.05) is 12.1 Å². The minimum absolute atomic E-state index is 0.907. The van der Waals surface area contributed by atoms with Gasteiger partial charge in [-0.05, 0) is 103 Å². The smallest absolute Gasteiger partial charge is 0.143 e. The predicted octanol–water partition coefficient (Wildman–Crippen LogP) is 15.5. The van der Waals surface area contributed by atoms with Gasteiger partial charge in [0.15, 0.2) is 0 Å². The first kappa shape index (κ1) is 32.0. The van der Waals surface area contributed by atoms with Gasteiger partial charge in [-0.2, -0.15) is 0 Å². The topological polar surface area (TPSA) is 16.4 Å². The Morgan fingerprint density at radius 1 is 0.286 bits per heavy atom. The van der Waals surface area contributed by atoms with Crippen LogP contribution in [-0.4, -0.2) is 0 Å². The molecule has 56 heavy (non-hydrogen) atoms. The lowest BCUT2D eigenvalue weighted by atomic mass is 9.92. The lowest BCUT2D eigenvalue weighted by Gasteiger charge is -2.26. The molecule has 11 rings (SSSR count). The number of rotatable bonds is 6. The molecule has 0 amide bonds. The van der Waals surface area contributed by atoms with Crippen LogP contribution in [0, 0.1) is 0 Å². The molecule has 0 aliphatic carbocycles. The molecule has 1 heterocycles. The number of hydrogen-bond donors (Lipinski definition) is 0. The molecule has 10 aromatic carbocycles. The van der Waals surface area contributed by atoms with E-state index in [0.717, 1.165) is 50.1 Å². The maximum absolute atomic E-state index is 6.41. The maximum Gasteiger partial charge on any atom is 0.143 e. The average Bonchev–Trinajstić information content (AvgIpc) is 3.66. The van der Waals surface area contributed by atoms with Gasteiger partial charge in [-0.15, -0.1) is 0 Å². The normalized spacial score (nSPS) is 11.6. The van der Waals surface area contributed by atoms with Gasteiger partial charge in [0.2, 0.25) is 0 Å². The Morgan fingerprint density at radius 3 is 1.64 bits per heavy atom. The summed E-state index contributed by atoms with van der Waals surface area (Å²) >= 11 is 0. The van der Waals surface area contributed by atoms with E-state index < -0.39 is 0 Å². The van der Waals surface area contributed by atoms with Crippen molar-refractivity contribution < 1.29 is 4.42 Å². The zero-order valence-electron chi connectivity index (χ0n) is 30.6. The Morgan fingerprint density at radius 2 is 0.839 bits per heavy atom. The summed E-state index contributed by atoms with van der Waals surface area (Å²) in [7, 11) is 0. The molecular formula is C54H35NO. The SMILES string of the molecule is c1ccc(-c2cccc(N(c3ccc(-c4cccc5c4ccc4c6ccccc6ccc54)cc3)c3ccc(-c4cccc5c4oc4ccccc45)cc3)c2)cc1. The third-order valence-corrected chi connectivity index (χ3v) is 11.3. The van der Waals surface area contributed by atoms with Gasteiger partial charge < -0.3 is 9.32 Å². The van der Waals surface area contributed by atoms with Crippen molar-refractivity contribution in [3.05, 3.63) is 212 Å². The van der Waals surface area contributed by atoms with E-state index in [2.05, 4.69) is 205 Å². The van der Waals surface area contributed by atoms with Crippen molar-refractivity contribution in [2.45, 2.75) is 0 Å². The highest BCUT2D eigenvalue weighted by atomic mass is 16.3. The number of benzene rings is 10. The first-order chi connectivity index (χ1) is 27.8. The Labute approximate surface area is 325 Å². The Kier molecular flexibility index (Phi) is 7.53. The standard InChI is InChI=1S/C54H35NO/c1-2-11-36(12-3-1)40-14-8-15-43(35-40)55(42-30-25-39(26-31-42)46-19-10-21-52-51-17-6-7-22-53(51)56-54(46)52)41-28-23-38(24-29-41)45-18-9-20-47-48(45)33-34-49-44-16-5-4-13-37(44)27-32-50(47)49/h1-35H. The van der Waals surface area contributed by atoms with Crippen LogP contribution in [0.4, 0.5) is 17.1 Å². The number of nitrogens with zero attached hydrogens (tertiary/aromatic N) is 1. The van der Waals surface area contributed by atoms with Crippen molar-refractivity contribution in [2.75, 3.05) is 4.90 Å². The van der Waals surface area contributed by atoms with Crippen LogP contribution in [0.25, 0.3) is 87.6 Å². The molecule has 2 nitrogen and oxygen atoms in total. The zero-order chi connectivity index (χ0) is 37.0. The van der Waals surface area contributed by atoms with E-state index in [0.29, 0.717) is 0 Å². The van der Waals surface area contributed by atoms with Crippen molar-refractivity contribution in [2.24, 2.45) is 0 Å². The summed E-state index contributed by atoms with van der Waals surface area (Å²) in [6.07, 6.45) is 0. The average molecular weight is 714 g/mol. The molecule has 0 unspecified atom stereocenters. The van der Waals surface area contributed by atoms with Crippen LogP contribution in [0.15, 0.2) is 217 Å². The molecule has 1 aromatic heterocycles. The summed E-state index contributed by atoms with van der Waals surface area (Å²) < 4.78 is 6.41. The monoisotopic (exact) mass is 713 g/mol. The highest BCUT2D eigenvalue weighted by molar-refractivity contribution is 6.19. The van der Waals surface area contributed by atoms with Crippen LogP contribution in [0.2, 0.25) is 0 Å². The molecule has 0 spiro atoms. The molecule has 0 aliphatic rings. The van der Waals surface area contributed by atoms with E-state index in [1.54, 1.807) is 0 Å². The quantitative estimate of drug-likeness (QED) is 0.160. The zero-order valence-corrected chi connectivity index (χ0v) is 30.6. The summed E-state index contributed by atoms with van der Waals surface area (Å²) in [6.45, 7) is 0. The molecular weight excluding hydrogens is 679 g/mol. The minimum Gasteiger partial charge on any atom is -0.455 e. The van der Waals surface area contributed by atoms with E-state index >= 15 is 0 Å². The van der Waals surface area contributed by atoms with Crippen molar-refractivity contribution in [3.8, 4) is 33.4 Å². The second kappa shape index (κ2) is 13.2. The molecule has 0 fully saturated rings. The predicted molar refractivity (Wildman–Crippen MR) is 237 cm³/mol. The minimum atomic E-state index is 0.907. The maximum atomic E-state index is 6.41. The molecule has 2 heteroatoms. The van der Waals surface area contributed by atoms with E-state index in [4.69, 9.17) is 4.42 Å². The van der Waals surface area contributed by atoms with Crippen LogP contribution in [0.1, 0.15) is 0 Å². The summed E-state index contributed by atoms with van der Waals surface area (Å²) in [5, 5.41) is 9.92. The van der Waals surface area contributed by atoms with Crippen molar-refractivity contribution >= 4 is 71.3 Å². The van der Waals surface area contributed by atoms with E-state index in [9.17, 15) is 0 Å². The van der Waals surface area contributed by atoms with Gasteiger partial charge >= 0.3 is 0 Å². The highest BCUT2D eigenvalue weighted by Crippen LogP contribution is 2.42. The van der Waals surface area contributed by atoms with Crippen molar-refractivity contribution in [1.82, 2.24) is 0 Å². The van der Waals surface area contributed by atoms with Crippen molar-refractivity contribution in [1.29, 1.82) is 0 Å². The molecule has 0 saturated carbocycles. The molecule has 0 atom stereocenters. The van der Waals surface area contributed by atoms with Gasteiger partial charge in [0.25, 0.3) is 0 Å². The third-order valence-electron chi connectivity index (χ3n) is 11.3. The fraction of sp³-hybridized carbons (Fsp3) is 0. The number of para-hydroxylation sites is 2. The van der Waals surface area contributed by atoms with E-state index in [1.165, 1.54) is 54.6 Å². The molecule has 0 aliphatic heterocycles. The summed E-state index contributed by atoms with van der Waals surface area (Å²) in [5.74, 6) is 0. The molecule has 262 valence electrons. The first-order valence-corrected chi connectivity index (χ1v) is 19.2. The first-order valence-electron chi connectivity index (χ1n) is 19.2. The van der Waals surface area contributed by atoms with Crippen LogP contribution in [0.3, 0.4) is 0 Å². The van der Waals surface area contributed by atoms with Crippen LogP contribution in [-0.2, 0) is 0 Å². The van der Waals surface area contributed by atoms with Gasteiger partial charge in [-0.1, -0.05) is 170 Å². The second-order valence-electron chi connectivity index (χ2n) is 14.5. The number of fused-ring (bicyclic) bond motifs is 8. The number of hydrogen-bond acceptors (Lipinski definition) is 2. The fourth-order valence-electron chi connectivity index (χ4n) is 8.57. The van der Waals surface area contributed by atoms with Crippen LogP contribution < -0.4 is 4.90 Å².